The highest BCUT2D eigenvalue weighted by Gasteiger charge is 2.20. The summed E-state index contributed by atoms with van der Waals surface area (Å²) < 4.78 is 0. The lowest BCUT2D eigenvalue weighted by Gasteiger charge is -2.12. The van der Waals surface area contributed by atoms with Crippen molar-refractivity contribution >= 4 is 0 Å². The van der Waals surface area contributed by atoms with E-state index in [1.807, 2.05) is 7.05 Å². The maximum absolute atomic E-state index is 3.49. The Hall–Kier alpha value is -0.0800. The van der Waals surface area contributed by atoms with Crippen molar-refractivity contribution in [3.05, 3.63) is 0 Å². The van der Waals surface area contributed by atoms with Gasteiger partial charge < -0.3 is 10.6 Å². The van der Waals surface area contributed by atoms with E-state index in [0.717, 1.165) is 12.5 Å². The van der Waals surface area contributed by atoms with Gasteiger partial charge in [0.2, 0.25) is 0 Å². The molecular weight excluding hydrogens is 136 g/mol. The smallest absolute Gasteiger partial charge is 0.0164 e. The number of hydrogen-bond acceptors (Lipinski definition) is 2. The van der Waals surface area contributed by atoms with E-state index in [4.69, 9.17) is 0 Å². The lowest BCUT2D eigenvalue weighted by Crippen LogP contribution is -2.35. The van der Waals surface area contributed by atoms with Crippen molar-refractivity contribution in [1.29, 1.82) is 0 Å². The third-order valence-corrected chi connectivity index (χ3v) is 2.25. The van der Waals surface area contributed by atoms with E-state index in [1.54, 1.807) is 0 Å². The summed E-state index contributed by atoms with van der Waals surface area (Å²) in [6.45, 7) is 4.50. The Morgan fingerprint density at radius 3 is 2.73 bits per heavy atom. The normalized spacial score (nSPS) is 20.2. The second kappa shape index (κ2) is 4.73. The topological polar surface area (TPSA) is 24.1 Å². The minimum absolute atomic E-state index is 0.624. The second-order valence-corrected chi connectivity index (χ2v) is 3.64. The molecule has 0 amide bonds. The van der Waals surface area contributed by atoms with Gasteiger partial charge in [-0.25, -0.2) is 0 Å². The third-order valence-electron chi connectivity index (χ3n) is 2.25. The van der Waals surface area contributed by atoms with Crippen molar-refractivity contribution in [2.75, 3.05) is 20.1 Å². The molecule has 0 saturated heterocycles. The summed E-state index contributed by atoms with van der Waals surface area (Å²) in [6.07, 6.45) is 4.33. The molecule has 1 unspecified atom stereocenters. The van der Waals surface area contributed by atoms with Crippen LogP contribution in [0.3, 0.4) is 0 Å². The van der Waals surface area contributed by atoms with Crippen LogP contribution in [0.2, 0.25) is 0 Å². The van der Waals surface area contributed by atoms with Crippen molar-refractivity contribution in [2.24, 2.45) is 5.92 Å². The molecule has 2 nitrogen and oxygen atoms in total. The van der Waals surface area contributed by atoms with Crippen LogP contribution in [-0.2, 0) is 0 Å². The maximum Gasteiger partial charge on any atom is 0.0164 e. The zero-order chi connectivity index (χ0) is 8.10. The van der Waals surface area contributed by atoms with Gasteiger partial charge in [-0.15, -0.1) is 0 Å². The SMILES string of the molecule is CNCC(C)NCCC1CC1. The molecule has 0 aromatic rings. The van der Waals surface area contributed by atoms with Crippen molar-refractivity contribution in [2.45, 2.75) is 32.2 Å². The van der Waals surface area contributed by atoms with Crippen LogP contribution in [0.5, 0.6) is 0 Å². The number of nitrogens with one attached hydrogen (secondary N) is 2. The first-order chi connectivity index (χ1) is 5.33. The molecule has 0 heterocycles. The van der Waals surface area contributed by atoms with Crippen LogP contribution in [-0.4, -0.2) is 26.2 Å². The Morgan fingerprint density at radius 2 is 2.18 bits per heavy atom. The average molecular weight is 156 g/mol. The molecule has 0 aromatic carbocycles. The highest BCUT2D eigenvalue weighted by molar-refractivity contribution is 4.74. The van der Waals surface area contributed by atoms with Crippen molar-refractivity contribution < 1.29 is 0 Å². The Kier molecular flexibility index (Phi) is 3.87. The van der Waals surface area contributed by atoms with Crippen molar-refractivity contribution in [3.63, 3.8) is 0 Å². The molecule has 0 aliphatic heterocycles. The zero-order valence-electron chi connectivity index (χ0n) is 7.69. The number of hydrogen-bond donors (Lipinski definition) is 2. The molecule has 1 fully saturated rings. The van der Waals surface area contributed by atoms with Crippen LogP contribution >= 0.6 is 0 Å². The summed E-state index contributed by atoms with van der Waals surface area (Å²) >= 11 is 0. The average Bonchev–Trinajstić information content (AvgIpc) is 2.72. The molecule has 0 aromatic heterocycles. The highest BCUT2D eigenvalue weighted by atomic mass is 15.0. The van der Waals surface area contributed by atoms with Crippen LogP contribution in [0, 0.1) is 5.92 Å². The molecule has 0 bridgehead atoms. The molecule has 1 rings (SSSR count). The van der Waals surface area contributed by atoms with Gasteiger partial charge in [0.15, 0.2) is 0 Å². The predicted molar refractivity (Wildman–Crippen MR) is 48.7 cm³/mol. The van der Waals surface area contributed by atoms with Crippen LogP contribution in [0.15, 0.2) is 0 Å². The number of rotatable bonds is 6. The summed E-state index contributed by atoms with van der Waals surface area (Å²) in [4.78, 5) is 0. The van der Waals surface area contributed by atoms with Crippen LogP contribution < -0.4 is 10.6 Å². The fourth-order valence-electron chi connectivity index (χ4n) is 1.32. The Bertz CT molecular complexity index is 99.7. The van der Waals surface area contributed by atoms with Gasteiger partial charge in [-0.2, -0.15) is 0 Å². The molecule has 11 heavy (non-hydrogen) atoms. The standard InChI is InChI=1S/C9H20N2/c1-8(7-10-2)11-6-5-9-3-4-9/h8-11H,3-7H2,1-2H3. The predicted octanol–water partition coefficient (Wildman–Crippen LogP) is 0.984. The van der Waals surface area contributed by atoms with Gasteiger partial charge in [0.05, 0.1) is 0 Å². The Balaban J connectivity index is 1.84. The molecule has 1 atom stereocenters. The fourth-order valence-corrected chi connectivity index (χ4v) is 1.32. The van der Waals surface area contributed by atoms with Gasteiger partial charge in [-0.3, -0.25) is 0 Å². The summed E-state index contributed by atoms with van der Waals surface area (Å²) in [5, 5.41) is 6.65. The summed E-state index contributed by atoms with van der Waals surface area (Å²) in [7, 11) is 2.00. The molecule has 0 radical (unpaired) electrons. The van der Waals surface area contributed by atoms with Crippen LogP contribution in [0.1, 0.15) is 26.2 Å². The van der Waals surface area contributed by atoms with E-state index in [-0.39, 0.29) is 0 Å². The molecule has 66 valence electrons. The van der Waals surface area contributed by atoms with Gasteiger partial charge in [-0.1, -0.05) is 12.8 Å². The van der Waals surface area contributed by atoms with Gasteiger partial charge in [0.25, 0.3) is 0 Å². The first kappa shape index (κ1) is 9.01. The largest absolute Gasteiger partial charge is 0.318 e. The Labute approximate surface area is 69.8 Å². The molecule has 2 heteroatoms. The second-order valence-electron chi connectivity index (χ2n) is 3.64. The molecule has 1 aliphatic rings. The van der Waals surface area contributed by atoms with E-state index in [2.05, 4.69) is 17.6 Å². The Morgan fingerprint density at radius 1 is 1.45 bits per heavy atom. The van der Waals surface area contributed by atoms with E-state index in [1.165, 1.54) is 25.8 Å². The van der Waals surface area contributed by atoms with Crippen molar-refractivity contribution in [1.82, 2.24) is 10.6 Å². The third kappa shape index (κ3) is 4.38. The highest BCUT2D eigenvalue weighted by Crippen LogP contribution is 2.31. The maximum atomic E-state index is 3.49. The molecule has 2 N–H and O–H groups in total. The molecule has 0 spiro atoms. The summed E-state index contributed by atoms with van der Waals surface area (Å²) in [5.74, 6) is 1.06. The zero-order valence-corrected chi connectivity index (χ0v) is 7.69. The van der Waals surface area contributed by atoms with Gasteiger partial charge >= 0.3 is 0 Å². The molecule has 1 saturated carbocycles. The van der Waals surface area contributed by atoms with Crippen LogP contribution in [0.4, 0.5) is 0 Å². The van der Waals surface area contributed by atoms with Gasteiger partial charge in [-0.05, 0) is 32.9 Å². The van der Waals surface area contributed by atoms with Crippen molar-refractivity contribution in [3.8, 4) is 0 Å². The lowest BCUT2D eigenvalue weighted by molar-refractivity contribution is 0.503. The van der Waals surface area contributed by atoms with Gasteiger partial charge in [0.1, 0.15) is 0 Å². The summed E-state index contributed by atoms with van der Waals surface area (Å²) in [5.41, 5.74) is 0. The van der Waals surface area contributed by atoms with E-state index in [9.17, 15) is 0 Å². The molecule has 1 aliphatic carbocycles. The van der Waals surface area contributed by atoms with Gasteiger partial charge in [0, 0.05) is 12.6 Å². The van der Waals surface area contributed by atoms with E-state index < -0.39 is 0 Å². The molecular formula is C9H20N2. The monoisotopic (exact) mass is 156 g/mol. The minimum Gasteiger partial charge on any atom is -0.318 e. The fraction of sp³-hybridized carbons (Fsp3) is 1.00. The first-order valence-corrected chi connectivity index (χ1v) is 4.71. The first-order valence-electron chi connectivity index (χ1n) is 4.71. The van der Waals surface area contributed by atoms with Crippen LogP contribution in [0.25, 0.3) is 0 Å². The minimum atomic E-state index is 0.624. The van der Waals surface area contributed by atoms with E-state index in [0.29, 0.717) is 6.04 Å². The summed E-state index contributed by atoms with van der Waals surface area (Å²) in [6, 6.07) is 0.624. The lowest BCUT2D eigenvalue weighted by atomic mass is 10.2. The number of likely N-dealkylation sites (N-methyl/N-ethyl adjacent to an activating group) is 1. The van der Waals surface area contributed by atoms with E-state index >= 15 is 0 Å². The quantitative estimate of drug-likeness (QED) is 0.599.